The van der Waals surface area contributed by atoms with E-state index in [1.807, 2.05) is 0 Å². The molecular formula is C20H14ClFO5. The maximum Gasteiger partial charge on any atom is 0.336 e. The van der Waals surface area contributed by atoms with Gasteiger partial charge in [-0.3, -0.25) is 0 Å². The summed E-state index contributed by atoms with van der Waals surface area (Å²) in [5.74, 6) is -0.617. The lowest BCUT2D eigenvalue weighted by Crippen LogP contribution is -2.05. The summed E-state index contributed by atoms with van der Waals surface area (Å²) in [5.41, 5.74) is 0.842. The Balaban J connectivity index is 1.74. The van der Waals surface area contributed by atoms with Crippen LogP contribution in [0.1, 0.15) is 11.1 Å². The zero-order valence-electron chi connectivity index (χ0n) is 14.2. The number of carbonyl (C=O) groups excluding carboxylic acids is 1. The molecule has 2 aromatic carbocycles. The van der Waals surface area contributed by atoms with Crippen LogP contribution in [0.4, 0.5) is 4.39 Å². The fraction of sp³-hybridized carbons (Fsp3) is 0.100. The monoisotopic (exact) mass is 388 g/mol. The molecule has 3 rings (SSSR count). The van der Waals surface area contributed by atoms with Crippen LogP contribution < -0.4 is 10.4 Å². The summed E-state index contributed by atoms with van der Waals surface area (Å²) >= 11 is 5.69. The van der Waals surface area contributed by atoms with Crippen LogP contribution in [0.25, 0.3) is 17.0 Å². The molecular weight excluding hydrogens is 375 g/mol. The molecule has 7 heteroatoms. The van der Waals surface area contributed by atoms with Crippen LogP contribution in [-0.4, -0.2) is 13.1 Å². The fourth-order valence-corrected chi connectivity index (χ4v) is 2.62. The highest BCUT2D eigenvalue weighted by Crippen LogP contribution is 2.23. The summed E-state index contributed by atoms with van der Waals surface area (Å²) in [4.78, 5) is 23.6. The largest absolute Gasteiger partial charge is 0.497 e. The van der Waals surface area contributed by atoms with Gasteiger partial charge in [0.25, 0.3) is 0 Å². The van der Waals surface area contributed by atoms with E-state index in [1.54, 1.807) is 18.2 Å². The zero-order chi connectivity index (χ0) is 19.4. The van der Waals surface area contributed by atoms with Crippen molar-refractivity contribution in [3.63, 3.8) is 0 Å². The van der Waals surface area contributed by atoms with Gasteiger partial charge in [0.1, 0.15) is 23.8 Å². The average molecular weight is 389 g/mol. The Morgan fingerprint density at radius 1 is 1.22 bits per heavy atom. The molecule has 0 aliphatic rings. The lowest BCUT2D eigenvalue weighted by atomic mass is 10.1. The first kappa shape index (κ1) is 18.7. The number of methoxy groups -OCH3 is 1. The van der Waals surface area contributed by atoms with Crippen molar-refractivity contribution in [2.75, 3.05) is 7.11 Å². The minimum Gasteiger partial charge on any atom is -0.497 e. The molecule has 1 aromatic heterocycles. The van der Waals surface area contributed by atoms with Gasteiger partial charge in [0.2, 0.25) is 0 Å². The van der Waals surface area contributed by atoms with Crippen molar-refractivity contribution in [3.05, 3.63) is 80.9 Å². The first-order valence-electron chi connectivity index (χ1n) is 7.87. The molecule has 0 saturated carbocycles. The summed E-state index contributed by atoms with van der Waals surface area (Å²) in [5, 5.41) is 0.598. The van der Waals surface area contributed by atoms with E-state index in [2.05, 4.69) is 0 Å². The lowest BCUT2D eigenvalue weighted by Gasteiger charge is -2.07. The predicted molar refractivity (Wildman–Crippen MR) is 99.3 cm³/mol. The number of hydrogen-bond donors (Lipinski definition) is 0. The summed E-state index contributed by atoms with van der Waals surface area (Å²) in [6, 6.07) is 10.4. The molecule has 1 heterocycles. The Hall–Kier alpha value is -3.12. The number of rotatable bonds is 5. The fourth-order valence-electron chi connectivity index (χ4n) is 2.43. The maximum atomic E-state index is 13.1. The summed E-state index contributed by atoms with van der Waals surface area (Å²) in [7, 11) is 1.51. The highest BCUT2D eigenvalue weighted by atomic mass is 35.5. The van der Waals surface area contributed by atoms with Gasteiger partial charge in [-0.2, -0.15) is 0 Å². The van der Waals surface area contributed by atoms with E-state index in [0.29, 0.717) is 27.8 Å². The minimum atomic E-state index is -0.620. The molecule has 138 valence electrons. The van der Waals surface area contributed by atoms with Gasteiger partial charge in [0, 0.05) is 29.2 Å². The number of ether oxygens (including phenoxy) is 2. The number of hydrogen-bond acceptors (Lipinski definition) is 5. The normalized spacial score (nSPS) is 11.1. The van der Waals surface area contributed by atoms with E-state index in [0.717, 1.165) is 0 Å². The van der Waals surface area contributed by atoms with Gasteiger partial charge >= 0.3 is 11.6 Å². The van der Waals surface area contributed by atoms with Gasteiger partial charge < -0.3 is 13.9 Å². The minimum absolute atomic E-state index is 0.0385. The summed E-state index contributed by atoms with van der Waals surface area (Å²) in [6.45, 7) is -0.109. The van der Waals surface area contributed by atoms with Crippen LogP contribution in [0.15, 0.2) is 57.8 Å². The van der Waals surface area contributed by atoms with Gasteiger partial charge in [-0.05, 0) is 35.9 Å². The van der Waals surface area contributed by atoms with Crippen molar-refractivity contribution in [1.82, 2.24) is 0 Å². The van der Waals surface area contributed by atoms with E-state index in [9.17, 15) is 14.0 Å². The zero-order valence-corrected chi connectivity index (χ0v) is 15.0. The predicted octanol–water partition coefficient (Wildman–Crippen LogP) is 4.35. The lowest BCUT2D eigenvalue weighted by molar-refractivity contribution is -0.138. The third-order valence-corrected chi connectivity index (χ3v) is 4.05. The molecule has 0 unspecified atom stereocenters. The number of fused-ring (bicyclic) bond motifs is 1. The van der Waals surface area contributed by atoms with Crippen molar-refractivity contribution in [2.24, 2.45) is 0 Å². The first-order chi connectivity index (χ1) is 13.0. The van der Waals surface area contributed by atoms with Gasteiger partial charge in [0.05, 0.1) is 12.1 Å². The topological polar surface area (TPSA) is 65.7 Å². The molecule has 0 aliphatic heterocycles. The van der Waals surface area contributed by atoms with Gasteiger partial charge in [-0.1, -0.05) is 17.7 Å². The van der Waals surface area contributed by atoms with Gasteiger partial charge in [-0.25, -0.2) is 14.0 Å². The van der Waals surface area contributed by atoms with Crippen LogP contribution in [0.5, 0.6) is 5.75 Å². The molecule has 0 radical (unpaired) electrons. The maximum absolute atomic E-state index is 13.1. The van der Waals surface area contributed by atoms with Crippen molar-refractivity contribution < 1.29 is 23.1 Å². The van der Waals surface area contributed by atoms with Gasteiger partial charge in [0.15, 0.2) is 0 Å². The first-order valence-corrected chi connectivity index (χ1v) is 8.25. The molecule has 0 bridgehead atoms. The standard InChI is InChI=1S/C20H14ClFO5/c1-25-14-4-5-15-13(9-20(24)27-18(15)10-14)11-26-19(23)7-3-12-2-6-17(22)16(21)8-12/h2-10H,11H2,1H3/b7-3+. The Morgan fingerprint density at radius 3 is 2.78 bits per heavy atom. The van der Waals surface area contributed by atoms with E-state index in [1.165, 1.54) is 43.5 Å². The molecule has 0 spiro atoms. The smallest absolute Gasteiger partial charge is 0.336 e. The van der Waals surface area contributed by atoms with Crippen molar-refractivity contribution in [1.29, 1.82) is 0 Å². The third kappa shape index (κ3) is 4.54. The Bertz CT molecular complexity index is 1090. The summed E-state index contributed by atoms with van der Waals surface area (Å²) < 4.78 is 28.5. The van der Waals surface area contributed by atoms with E-state index >= 15 is 0 Å². The number of halogens is 2. The molecule has 0 amide bonds. The van der Waals surface area contributed by atoms with Crippen molar-refractivity contribution >= 4 is 34.6 Å². The van der Waals surface area contributed by atoms with Crippen LogP contribution in [-0.2, 0) is 16.1 Å². The average Bonchev–Trinajstić information content (AvgIpc) is 2.66. The Labute approximate surface area is 158 Å². The highest BCUT2D eigenvalue weighted by Gasteiger charge is 2.09. The number of benzene rings is 2. The Morgan fingerprint density at radius 2 is 2.04 bits per heavy atom. The molecule has 5 nitrogen and oxygen atoms in total. The SMILES string of the molecule is COc1ccc2c(COC(=O)/C=C/c3ccc(F)c(Cl)c3)cc(=O)oc2c1. The third-order valence-electron chi connectivity index (χ3n) is 3.76. The number of carbonyl (C=O) groups is 1. The molecule has 3 aromatic rings. The molecule has 27 heavy (non-hydrogen) atoms. The molecule has 0 atom stereocenters. The van der Waals surface area contributed by atoms with Crippen LogP contribution in [0.2, 0.25) is 5.02 Å². The van der Waals surface area contributed by atoms with E-state index in [-0.39, 0.29) is 11.6 Å². The molecule has 0 aliphatic carbocycles. The van der Waals surface area contributed by atoms with Crippen molar-refractivity contribution in [3.8, 4) is 5.75 Å². The Kier molecular flexibility index (Phi) is 5.57. The molecule has 0 fully saturated rings. The van der Waals surface area contributed by atoms with Crippen LogP contribution in [0, 0.1) is 5.82 Å². The van der Waals surface area contributed by atoms with Gasteiger partial charge in [-0.15, -0.1) is 0 Å². The second-order valence-corrected chi connectivity index (χ2v) is 5.97. The molecule has 0 saturated heterocycles. The van der Waals surface area contributed by atoms with Crippen LogP contribution >= 0.6 is 11.6 Å². The summed E-state index contributed by atoms with van der Waals surface area (Å²) in [6.07, 6.45) is 2.65. The quantitative estimate of drug-likeness (QED) is 0.369. The second-order valence-electron chi connectivity index (χ2n) is 5.57. The number of esters is 1. The van der Waals surface area contributed by atoms with E-state index in [4.69, 9.17) is 25.5 Å². The second kappa shape index (κ2) is 8.05. The van der Waals surface area contributed by atoms with Crippen molar-refractivity contribution in [2.45, 2.75) is 6.61 Å². The highest BCUT2D eigenvalue weighted by molar-refractivity contribution is 6.30. The molecule has 0 N–H and O–H groups in total. The van der Waals surface area contributed by atoms with Crippen LogP contribution in [0.3, 0.4) is 0 Å². The van der Waals surface area contributed by atoms with E-state index < -0.39 is 17.4 Å².